The SMILES string of the molecule is COCC/C(C)=C/CC/C(C)=C/COP(=O)(OOOO)P=O. The topological polar surface area (TPSA) is 101 Å². The van der Waals surface area contributed by atoms with Gasteiger partial charge in [0.25, 0.3) is 8.15 Å². The summed E-state index contributed by atoms with van der Waals surface area (Å²) in [4.78, 5) is 0. The molecule has 0 saturated carbocycles. The van der Waals surface area contributed by atoms with E-state index in [0.29, 0.717) is 6.61 Å². The molecule has 0 spiro atoms. The predicted octanol–water partition coefficient (Wildman–Crippen LogP) is 4.46. The van der Waals surface area contributed by atoms with Crippen LogP contribution >= 0.6 is 15.4 Å². The first-order valence-corrected chi connectivity index (χ1v) is 9.59. The van der Waals surface area contributed by atoms with Gasteiger partial charge in [0.1, 0.15) is 0 Å². The summed E-state index contributed by atoms with van der Waals surface area (Å²) in [6.45, 7) is 4.58. The molecule has 0 aliphatic heterocycles. The van der Waals surface area contributed by atoms with Crippen molar-refractivity contribution in [3.05, 3.63) is 23.3 Å². The maximum absolute atomic E-state index is 11.6. The quantitative estimate of drug-likeness (QED) is 0.223. The molecular weight excluding hydrogens is 334 g/mol. The van der Waals surface area contributed by atoms with E-state index in [0.717, 1.165) is 24.8 Å². The second-order valence-corrected chi connectivity index (χ2v) is 7.91. The van der Waals surface area contributed by atoms with Crippen LogP contribution in [0.25, 0.3) is 0 Å². The summed E-state index contributed by atoms with van der Waals surface area (Å²) in [5.74, 6) is 0. The minimum absolute atomic E-state index is 0.0699. The predicted molar refractivity (Wildman–Crippen MR) is 80.3 cm³/mol. The maximum atomic E-state index is 11.6. The molecule has 22 heavy (non-hydrogen) atoms. The maximum Gasteiger partial charge on any atom is 0.449 e. The van der Waals surface area contributed by atoms with E-state index < -0.39 is 15.4 Å². The average Bonchev–Trinajstić information content (AvgIpc) is 2.51. The number of methoxy groups -OCH3 is 1. The lowest BCUT2D eigenvalue weighted by atomic mass is 10.1. The van der Waals surface area contributed by atoms with Crippen LogP contribution in [0.2, 0.25) is 0 Å². The van der Waals surface area contributed by atoms with Crippen LogP contribution in [0.15, 0.2) is 23.3 Å². The molecule has 0 aliphatic carbocycles. The second kappa shape index (κ2) is 13.0. The largest absolute Gasteiger partial charge is 0.449 e. The van der Waals surface area contributed by atoms with Crippen molar-refractivity contribution in [1.82, 2.24) is 0 Å². The third-order valence-corrected chi connectivity index (χ3v) is 4.73. The Bertz CT molecular complexity index is 421. The third-order valence-electron chi connectivity index (χ3n) is 2.66. The molecular formula is C12H22O8P2. The molecule has 0 rings (SSSR count). The standard InChI is InChI=1S/C12H22O8P2/c1-11(7-9-16-3)5-4-6-12(2)8-10-17-22(15,21-14)20-19-18-13/h5,8,13H,4,6-7,9-10H2,1-3H3/b11-5+,12-8+. The Labute approximate surface area is 131 Å². The van der Waals surface area contributed by atoms with Gasteiger partial charge in [0.2, 0.25) is 0 Å². The fraction of sp³-hybridized carbons (Fsp3) is 0.667. The number of ether oxygens (including phenoxy) is 1. The molecule has 0 aromatic carbocycles. The highest BCUT2D eigenvalue weighted by molar-refractivity contribution is 8.14. The Balaban J connectivity index is 4.12. The molecule has 0 aromatic rings. The molecule has 0 aromatic heterocycles. The van der Waals surface area contributed by atoms with E-state index in [1.54, 1.807) is 13.2 Å². The molecule has 8 nitrogen and oxygen atoms in total. The van der Waals surface area contributed by atoms with E-state index in [4.69, 9.17) is 14.5 Å². The van der Waals surface area contributed by atoms with Crippen LogP contribution in [0.3, 0.4) is 0 Å². The smallest absolute Gasteiger partial charge is 0.384 e. The van der Waals surface area contributed by atoms with Crippen molar-refractivity contribution in [2.45, 2.75) is 33.1 Å². The molecule has 1 atom stereocenters. The van der Waals surface area contributed by atoms with Crippen molar-refractivity contribution >= 4 is 15.4 Å². The average molecular weight is 356 g/mol. The van der Waals surface area contributed by atoms with Crippen LogP contribution in [0.1, 0.15) is 33.1 Å². The van der Waals surface area contributed by atoms with Gasteiger partial charge in [-0.25, -0.2) is 9.82 Å². The van der Waals surface area contributed by atoms with Crippen molar-refractivity contribution in [1.29, 1.82) is 0 Å². The van der Waals surface area contributed by atoms with Gasteiger partial charge in [-0.05, 0) is 43.2 Å². The minimum Gasteiger partial charge on any atom is -0.384 e. The lowest BCUT2D eigenvalue weighted by Crippen LogP contribution is -1.94. The Kier molecular flexibility index (Phi) is 12.8. The molecule has 0 heterocycles. The van der Waals surface area contributed by atoms with Gasteiger partial charge in [-0.2, -0.15) is 0 Å². The molecule has 10 heteroatoms. The van der Waals surface area contributed by atoms with Crippen LogP contribution < -0.4 is 0 Å². The number of allylic oxidation sites excluding steroid dienone is 2. The molecule has 1 N–H and O–H groups in total. The number of hydrogen-bond donors (Lipinski definition) is 1. The lowest BCUT2D eigenvalue weighted by Gasteiger charge is -2.07. The Morgan fingerprint density at radius 1 is 1.23 bits per heavy atom. The van der Waals surface area contributed by atoms with E-state index >= 15 is 0 Å². The third kappa shape index (κ3) is 11.2. The van der Waals surface area contributed by atoms with Gasteiger partial charge in [-0.1, -0.05) is 23.3 Å². The first-order valence-electron chi connectivity index (χ1n) is 6.53. The van der Waals surface area contributed by atoms with Crippen LogP contribution in [0, 0.1) is 0 Å². The zero-order valence-corrected chi connectivity index (χ0v) is 14.7. The summed E-state index contributed by atoms with van der Waals surface area (Å²) in [5, 5.41) is 14.6. The summed E-state index contributed by atoms with van der Waals surface area (Å²) < 4.78 is 36.1. The van der Waals surface area contributed by atoms with Gasteiger partial charge in [0.15, 0.2) is 0 Å². The summed E-state index contributed by atoms with van der Waals surface area (Å²) >= 11 is 0. The van der Waals surface area contributed by atoms with Crippen molar-refractivity contribution in [3.63, 3.8) is 0 Å². The first-order chi connectivity index (χ1) is 10.5. The fourth-order valence-electron chi connectivity index (χ4n) is 1.40. The Morgan fingerprint density at radius 2 is 1.91 bits per heavy atom. The van der Waals surface area contributed by atoms with Gasteiger partial charge >= 0.3 is 7.28 Å². The molecule has 0 bridgehead atoms. The van der Waals surface area contributed by atoms with E-state index in [-0.39, 0.29) is 6.61 Å². The van der Waals surface area contributed by atoms with Crippen LogP contribution in [-0.2, 0) is 33.1 Å². The van der Waals surface area contributed by atoms with E-state index in [1.165, 1.54) is 5.57 Å². The Morgan fingerprint density at radius 3 is 2.50 bits per heavy atom. The summed E-state index contributed by atoms with van der Waals surface area (Å²) in [7, 11) is -3.22. The van der Waals surface area contributed by atoms with Crippen LogP contribution in [0.4, 0.5) is 0 Å². The van der Waals surface area contributed by atoms with E-state index in [9.17, 15) is 9.13 Å². The number of hydrogen-bond acceptors (Lipinski definition) is 8. The molecule has 0 aliphatic rings. The summed E-state index contributed by atoms with van der Waals surface area (Å²) in [6.07, 6.45) is 6.41. The zero-order chi connectivity index (χ0) is 16.8. The normalized spacial score (nSPS) is 16.0. The monoisotopic (exact) mass is 356 g/mol. The van der Waals surface area contributed by atoms with Gasteiger partial charge in [0, 0.05) is 13.7 Å². The second-order valence-electron chi connectivity index (χ2n) is 4.45. The van der Waals surface area contributed by atoms with Crippen LogP contribution in [-0.4, -0.2) is 25.6 Å². The van der Waals surface area contributed by atoms with Crippen molar-refractivity contribution in [2.24, 2.45) is 0 Å². The van der Waals surface area contributed by atoms with Crippen LogP contribution in [0.5, 0.6) is 0 Å². The zero-order valence-electron chi connectivity index (χ0n) is 12.9. The van der Waals surface area contributed by atoms with Gasteiger partial charge < -0.3 is 4.74 Å². The Hall–Kier alpha value is -0.430. The highest BCUT2D eigenvalue weighted by atomic mass is 32.1. The highest BCUT2D eigenvalue weighted by Gasteiger charge is 2.27. The minimum atomic E-state index is -3.99. The molecule has 0 amide bonds. The van der Waals surface area contributed by atoms with Gasteiger partial charge in [-0.3, -0.25) is 9.09 Å². The first kappa shape index (κ1) is 21.6. The van der Waals surface area contributed by atoms with Crippen molar-refractivity contribution in [2.75, 3.05) is 20.3 Å². The van der Waals surface area contributed by atoms with Crippen molar-refractivity contribution < 1.29 is 38.4 Å². The molecule has 1 unspecified atom stereocenters. The van der Waals surface area contributed by atoms with Crippen molar-refractivity contribution in [3.8, 4) is 0 Å². The molecule has 0 saturated heterocycles. The van der Waals surface area contributed by atoms with E-state index in [2.05, 4.69) is 20.8 Å². The summed E-state index contributed by atoms with van der Waals surface area (Å²) in [6, 6.07) is 0. The summed E-state index contributed by atoms with van der Waals surface area (Å²) in [5.41, 5.74) is 2.28. The molecule has 0 radical (unpaired) electrons. The number of rotatable bonds is 13. The van der Waals surface area contributed by atoms with Gasteiger partial charge in [0.05, 0.1) is 6.61 Å². The fourth-order valence-corrected chi connectivity index (χ4v) is 2.39. The lowest BCUT2D eigenvalue weighted by molar-refractivity contribution is -0.595. The van der Waals surface area contributed by atoms with Gasteiger partial charge in [-0.15, -0.1) is 4.67 Å². The molecule has 128 valence electrons. The molecule has 0 fully saturated rings. The van der Waals surface area contributed by atoms with E-state index in [1.807, 2.05) is 13.8 Å². The highest BCUT2D eigenvalue weighted by Crippen LogP contribution is 2.60.